The van der Waals surface area contributed by atoms with Crippen molar-refractivity contribution >= 4 is 23.1 Å². The zero-order valence-corrected chi connectivity index (χ0v) is 15.1. The molecule has 0 N–H and O–H groups in total. The molecule has 4 nitrogen and oxygen atoms in total. The van der Waals surface area contributed by atoms with Gasteiger partial charge in [0.25, 0.3) is 0 Å². The SMILES string of the molecule is Cc1ccc(CC(=NC#N)N2CCN(c3ccccc3Cl)CC2)cc1. The topological polar surface area (TPSA) is 42.6 Å². The first-order chi connectivity index (χ1) is 12.2. The highest BCUT2D eigenvalue weighted by Crippen LogP contribution is 2.26. The third kappa shape index (κ3) is 4.32. The number of hydrogen-bond donors (Lipinski definition) is 0. The molecule has 1 fully saturated rings. The maximum atomic E-state index is 9.06. The predicted octanol–water partition coefficient (Wildman–Crippen LogP) is 3.89. The highest BCUT2D eigenvalue weighted by molar-refractivity contribution is 6.33. The third-order valence-electron chi connectivity index (χ3n) is 4.50. The maximum Gasteiger partial charge on any atom is 0.207 e. The lowest BCUT2D eigenvalue weighted by Crippen LogP contribution is -2.49. The molecule has 0 atom stereocenters. The molecule has 2 aromatic carbocycles. The minimum absolute atomic E-state index is 0.680. The van der Waals surface area contributed by atoms with Gasteiger partial charge in [0.05, 0.1) is 10.7 Å². The van der Waals surface area contributed by atoms with Crippen molar-refractivity contribution in [2.45, 2.75) is 13.3 Å². The lowest BCUT2D eigenvalue weighted by Gasteiger charge is -2.37. The lowest BCUT2D eigenvalue weighted by molar-refractivity contribution is 0.381. The van der Waals surface area contributed by atoms with E-state index in [2.05, 4.69) is 52.0 Å². The minimum Gasteiger partial charge on any atom is -0.367 e. The van der Waals surface area contributed by atoms with Crippen LogP contribution in [-0.2, 0) is 6.42 Å². The Kier molecular flexibility index (Phi) is 5.57. The number of benzene rings is 2. The molecule has 5 heteroatoms. The van der Waals surface area contributed by atoms with E-state index in [1.54, 1.807) is 0 Å². The van der Waals surface area contributed by atoms with Gasteiger partial charge in [0.2, 0.25) is 6.19 Å². The molecule has 0 unspecified atom stereocenters. The van der Waals surface area contributed by atoms with E-state index in [-0.39, 0.29) is 0 Å². The van der Waals surface area contributed by atoms with Gasteiger partial charge in [-0.3, -0.25) is 0 Å². The van der Waals surface area contributed by atoms with E-state index in [4.69, 9.17) is 16.9 Å². The van der Waals surface area contributed by atoms with Gasteiger partial charge < -0.3 is 9.80 Å². The van der Waals surface area contributed by atoms with E-state index < -0.39 is 0 Å². The monoisotopic (exact) mass is 352 g/mol. The number of aliphatic imine (C=N–C) groups is 1. The third-order valence-corrected chi connectivity index (χ3v) is 4.82. The van der Waals surface area contributed by atoms with E-state index in [1.165, 1.54) is 11.1 Å². The van der Waals surface area contributed by atoms with Gasteiger partial charge in [-0.2, -0.15) is 10.3 Å². The second-order valence-electron chi connectivity index (χ2n) is 6.22. The van der Waals surface area contributed by atoms with Gasteiger partial charge in [-0.15, -0.1) is 0 Å². The highest BCUT2D eigenvalue weighted by atomic mass is 35.5. The molecule has 25 heavy (non-hydrogen) atoms. The highest BCUT2D eigenvalue weighted by Gasteiger charge is 2.21. The van der Waals surface area contributed by atoms with Crippen LogP contribution in [-0.4, -0.2) is 36.9 Å². The molecule has 3 rings (SSSR count). The first-order valence-electron chi connectivity index (χ1n) is 8.43. The standard InChI is InChI=1S/C20H21ClN4/c1-16-6-8-17(9-7-16)14-20(23-15-22)25-12-10-24(11-13-25)19-5-3-2-4-18(19)21/h2-9H,10-14H2,1H3. The van der Waals surface area contributed by atoms with Crippen LogP contribution in [0.25, 0.3) is 0 Å². The van der Waals surface area contributed by atoms with E-state index in [0.29, 0.717) is 6.42 Å². The van der Waals surface area contributed by atoms with Crippen LogP contribution in [0.3, 0.4) is 0 Å². The Morgan fingerprint density at radius 3 is 2.40 bits per heavy atom. The van der Waals surface area contributed by atoms with Crippen LogP contribution in [0.4, 0.5) is 5.69 Å². The zero-order chi connectivity index (χ0) is 17.6. The average molecular weight is 353 g/mol. The molecule has 0 spiro atoms. The normalized spacial score (nSPS) is 15.2. The van der Waals surface area contributed by atoms with Gasteiger partial charge in [0.1, 0.15) is 5.84 Å². The van der Waals surface area contributed by atoms with Gasteiger partial charge in [-0.05, 0) is 24.6 Å². The summed E-state index contributed by atoms with van der Waals surface area (Å²) in [5, 5.41) is 9.84. The van der Waals surface area contributed by atoms with E-state index in [1.807, 2.05) is 24.4 Å². The first-order valence-corrected chi connectivity index (χ1v) is 8.81. The van der Waals surface area contributed by atoms with Crippen molar-refractivity contribution in [3.63, 3.8) is 0 Å². The van der Waals surface area contributed by atoms with E-state index in [9.17, 15) is 0 Å². The molecule has 1 aliphatic heterocycles. The summed E-state index contributed by atoms with van der Waals surface area (Å²) >= 11 is 6.30. The molecule has 0 amide bonds. The summed E-state index contributed by atoms with van der Waals surface area (Å²) < 4.78 is 0. The van der Waals surface area contributed by atoms with Gasteiger partial charge >= 0.3 is 0 Å². The summed E-state index contributed by atoms with van der Waals surface area (Å²) in [7, 11) is 0. The summed E-state index contributed by atoms with van der Waals surface area (Å²) in [6, 6.07) is 16.3. The Labute approximate surface area is 154 Å². The number of rotatable bonds is 3. The van der Waals surface area contributed by atoms with Crippen LogP contribution < -0.4 is 4.90 Å². The Morgan fingerprint density at radius 2 is 1.76 bits per heavy atom. The maximum absolute atomic E-state index is 9.06. The van der Waals surface area contributed by atoms with Crippen LogP contribution in [0.5, 0.6) is 0 Å². The average Bonchev–Trinajstić information content (AvgIpc) is 2.64. The molecule has 1 saturated heterocycles. The molecule has 0 aromatic heterocycles. The molecule has 1 aliphatic rings. The van der Waals surface area contributed by atoms with Crippen molar-refractivity contribution in [2.75, 3.05) is 31.1 Å². The Balaban J connectivity index is 1.67. The van der Waals surface area contributed by atoms with Crippen LogP contribution >= 0.6 is 11.6 Å². The van der Waals surface area contributed by atoms with E-state index in [0.717, 1.165) is 42.7 Å². The molecular weight excluding hydrogens is 332 g/mol. The Hall–Kier alpha value is -2.51. The van der Waals surface area contributed by atoms with Gasteiger partial charge in [-0.25, -0.2) is 0 Å². The van der Waals surface area contributed by atoms with Crippen molar-refractivity contribution in [3.05, 3.63) is 64.7 Å². The summed E-state index contributed by atoms with van der Waals surface area (Å²) in [5.74, 6) is 0.838. The fourth-order valence-electron chi connectivity index (χ4n) is 3.08. The fourth-order valence-corrected chi connectivity index (χ4v) is 3.34. The number of piperazine rings is 1. The van der Waals surface area contributed by atoms with Crippen LogP contribution in [0.2, 0.25) is 5.02 Å². The van der Waals surface area contributed by atoms with Crippen molar-refractivity contribution < 1.29 is 0 Å². The van der Waals surface area contributed by atoms with Crippen molar-refractivity contribution in [2.24, 2.45) is 4.99 Å². The van der Waals surface area contributed by atoms with Gasteiger partial charge in [0.15, 0.2) is 0 Å². The van der Waals surface area contributed by atoms with Crippen LogP contribution in [0.1, 0.15) is 11.1 Å². The summed E-state index contributed by atoms with van der Waals surface area (Å²) in [4.78, 5) is 8.58. The van der Waals surface area contributed by atoms with Crippen molar-refractivity contribution in [1.29, 1.82) is 5.26 Å². The quantitative estimate of drug-likeness (QED) is 0.478. The van der Waals surface area contributed by atoms with Gasteiger partial charge in [0, 0.05) is 32.6 Å². The second-order valence-corrected chi connectivity index (χ2v) is 6.62. The van der Waals surface area contributed by atoms with Crippen molar-refractivity contribution in [3.8, 4) is 6.19 Å². The number of amidine groups is 1. The number of nitrogens with zero attached hydrogens (tertiary/aromatic N) is 4. The fraction of sp³-hybridized carbons (Fsp3) is 0.300. The summed E-state index contributed by atoms with van der Waals surface area (Å²) in [5.41, 5.74) is 3.48. The minimum atomic E-state index is 0.680. The molecule has 0 bridgehead atoms. The molecule has 2 aromatic rings. The summed E-state index contributed by atoms with van der Waals surface area (Å²) in [6.45, 7) is 5.46. The lowest BCUT2D eigenvalue weighted by atomic mass is 10.1. The van der Waals surface area contributed by atoms with Crippen LogP contribution in [0.15, 0.2) is 53.5 Å². The van der Waals surface area contributed by atoms with E-state index >= 15 is 0 Å². The van der Waals surface area contributed by atoms with Crippen LogP contribution in [0, 0.1) is 18.4 Å². The largest absolute Gasteiger partial charge is 0.367 e. The second kappa shape index (κ2) is 8.04. The number of nitriles is 1. The molecule has 128 valence electrons. The smallest absolute Gasteiger partial charge is 0.207 e. The summed E-state index contributed by atoms with van der Waals surface area (Å²) in [6.07, 6.45) is 2.64. The molecule has 1 heterocycles. The Bertz CT molecular complexity index is 784. The zero-order valence-electron chi connectivity index (χ0n) is 14.3. The molecule has 0 aliphatic carbocycles. The molecular formula is C20H21ClN4. The number of hydrogen-bond acceptors (Lipinski definition) is 3. The predicted molar refractivity (Wildman–Crippen MR) is 103 cm³/mol. The van der Waals surface area contributed by atoms with Crippen molar-refractivity contribution in [1.82, 2.24) is 4.90 Å². The molecule has 0 radical (unpaired) electrons. The Morgan fingerprint density at radius 1 is 1.08 bits per heavy atom. The number of anilines is 1. The number of para-hydroxylation sites is 1. The first kappa shape index (κ1) is 17.3. The number of halogens is 1. The molecule has 0 saturated carbocycles. The number of aryl methyl sites for hydroxylation is 1. The van der Waals surface area contributed by atoms with Gasteiger partial charge in [-0.1, -0.05) is 53.6 Å².